The van der Waals surface area contributed by atoms with Gasteiger partial charge in [-0.3, -0.25) is 4.90 Å². The minimum absolute atomic E-state index is 0.0434. The third kappa shape index (κ3) is 3.87. The molecular formula is C16H28N6O2. The van der Waals surface area contributed by atoms with Crippen LogP contribution < -0.4 is 5.32 Å². The molecule has 24 heavy (non-hydrogen) atoms. The molecule has 0 bridgehead atoms. The summed E-state index contributed by atoms with van der Waals surface area (Å²) in [5.74, 6) is 2.44. The van der Waals surface area contributed by atoms with Gasteiger partial charge >= 0.3 is 6.03 Å². The number of rotatable bonds is 4. The minimum Gasteiger partial charge on any atom is -0.379 e. The van der Waals surface area contributed by atoms with Crippen molar-refractivity contribution < 1.29 is 9.53 Å². The van der Waals surface area contributed by atoms with Gasteiger partial charge in [0.05, 0.1) is 19.8 Å². The van der Waals surface area contributed by atoms with Crippen LogP contribution in [-0.2, 0) is 18.3 Å². The van der Waals surface area contributed by atoms with Crippen molar-refractivity contribution in [1.82, 2.24) is 29.9 Å². The smallest absolute Gasteiger partial charge is 0.317 e. The fraction of sp³-hybridized carbons (Fsp3) is 0.812. The second-order valence-corrected chi connectivity index (χ2v) is 6.52. The van der Waals surface area contributed by atoms with Gasteiger partial charge in [0.25, 0.3) is 0 Å². The minimum atomic E-state index is 0.0434. The van der Waals surface area contributed by atoms with Crippen molar-refractivity contribution in [2.45, 2.75) is 32.2 Å². The molecule has 8 nitrogen and oxygen atoms in total. The summed E-state index contributed by atoms with van der Waals surface area (Å²) in [5.41, 5.74) is 0. The monoisotopic (exact) mass is 336 g/mol. The molecule has 0 aromatic carbocycles. The Morgan fingerprint density at radius 1 is 1.21 bits per heavy atom. The summed E-state index contributed by atoms with van der Waals surface area (Å²) in [7, 11) is 2.06. The first kappa shape index (κ1) is 17.2. The van der Waals surface area contributed by atoms with Crippen molar-refractivity contribution in [3.05, 3.63) is 11.6 Å². The molecular weight excluding hydrogens is 308 g/mol. The SMILES string of the molecule is CCNC(=O)N1CCC(c2nnc(CN3CCOCC3)n2C)CC1. The van der Waals surface area contributed by atoms with E-state index in [1.807, 2.05) is 11.8 Å². The predicted molar refractivity (Wildman–Crippen MR) is 89.7 cm³/mol. The molecule has 2 aliphatic heterocycles. The zero-order chi connectivity index (χ0) is 16.9. The number of aromatic nitrogens is 3. The van der Waals surface area contributed by atoms with Crippen molar-refractivity contribution in [3.63, 3.8) is 0 Å². The average Bonchev–Trinajstić information content (AvgIpc) is 2.97. The Morgan fingerprint density at radius 2 is 1.92 bits per heavy atom. The normalized spacial score (nSPS) is 20.3. The first-order valence-corrected chi connectivity index (χ1v) is 8.90. The summed E-state index contributed by atoms with van der Waals surface area (Å²) in [6, 6.07) is 0.0434. The van der Waals surface area contributed by atoms with E-state index in [2.05, 4.69) is 32.0 Å². The highest BCUT2D eigenvalue weighted by Gasteiger charge is 2.27. The standard InChI is InChI=1S/C16H28N6O2/c1-3-17-16(23)22-6-4-13(5-7-22)15-19-18-14(20(15)2)12-21-8-10-24-11-9-21/h13H,3-12H2,1-2H3,(H,17,23). The lowest BCUT2D eigenvalue weighted by Crippen LogP contribution is -2.44. The number of ether oxygens (including phenoxy) is 1. The lowest BCUT2D eigenvalue weighted by atomic mass is 9.96. The second-order valence-electron chi connectivity index (χ2n) is 6.52. The number of likely N-dealkylation sites (tertiary alicyclic amines) is 1. The number of nitrogens with zero attached hydrogens (tertiary/aromatic N) is 5. The van der Waals surface area contributed by atoms with Crippen molar-refractivity contribution in [3.8, 4) is 0 Å². The Bertz CT molecular complexity index is 547. The summed E-state index contributed by atoms with van der Waals surface area (Å²) in [6.45, 7) is 8.49. The van der Waals surface area contributed by atoms with Crippen LogP contribution in [0.5, 0.6) is 0 Å². The average molecular weight is 336 g/mol. The third-order valence-electron chi connectivity index (χ3n) is 4.94. The zero-order valence-electron chi connectivity index (χ0n) is 14.7. The molecule has 3 heterocycles. The van der Waals surface area contributed by atoms with Crippen molar-refractivity contribution in [1.29, 1.82) is 0 Å². The summed E-state index contributed by atoms with van der Waals surface area (Å²) in [5, 5.41) is 11.7. The molecule has 134 valence electrons. The molecule has 8 heteroatoms. The fourth-order valence-corrected chi connectivity index (χ4v) is 3.43. The van der Waals surface area contributed by atoms with Gasteiger partial charge in [-0.1, -0.05) is 0 Å². The number of urea groups is 1. The van der Waals surface area contributed by atoms with Crippen LogP contribution in [0.3, 0.4) is 0 Å². The van der Waals surface area contributed by atoms with Crippen molar-refractivity contribution in [2.24, 2.45) is 7.05 Å². The second kappa shape index (κ2) is 7.94. The van der Waals surface area contributed by atoms with Crippen LogP contribution in [0, 0.1) is 0 Å². The Morgan fingerprint density at radius 3 is 2.58 bits per heavy atom. The van der Waals surface area contributed by atoms with E-state index in [0.29, 0.717) is 12.5 Å². The molecule has 2 aliphatic rings. The summed E-state index contributed by atoms with van der Waals surface area (Å²) >= 11 is 0. The highest BCUT2D eigenvalue weighted by atomic mass is 16.5. The van der Waals surface area contributed by atoms with Gasteiger partial charge in [0.15, 0.2) is 0 Å². The molecule has 1 aromatic heterocycles. The number of carbonyl (C=O) groups excluding carboxylic acids is 1. The van der Waals surface area contributed by atoms with Crippen LogP contribution in [0.1, 0.15) is 37.3 Å². The molecule has 2 amide bonds. The van der Waals surface area contributed by atoms with Crippen LogP contribution in [0.2, 0.25) is 0 Å². The number of carbonyl (C=O) groups is 1. The zero-order valence-corrected chi connectivity index (χ0v) is 14.7. The van der Waals surface area contributed by atoms with Crippen LogP contribution >= 0.6 is 0 Å². The summed E-state index contributed by atoms with van der Waals surface area (Å²) < 4.78 is 7.53. The van der Waals surface area contributed by atoms with Gasteiger partial charge in [-0.25, -0.2) is 4.79 Å². The predicted octanol–water partition coefficient (Wildman–Crippen LogP) is 0.556. The lowest BCUT2D eigenvalue weighted by molar-refractivity contribution is 0.0326. The molecule has 0 aliphatic carbocycles. The quantitative estimate of drug-likeness (QED) is 0.869. The highest BCUT2D eigenvalue weighted by Crippen LogP contribution is 2.27. The summed E-state index contributed by atoms with van der Waals surface area (Å²) in [6.07, 6.45) is 1.89. The molecule has 1 N–H and O–H groups in total. The first-order chi connectivity index (χ1) is 11.7. The van der Waals surface area contributed by atoms with Crippen molar-refractivity contribution >= 4 is 6.03 Å². The third-order valence-corrected chi connectivity index (χ3v) is 4.94. The van der Waals surface area contributed by atoms with E-state index in [1.54, 1.807) is 0 Å². The Balaban J connectivity index is 1.57. The van der Waals surface area contributed by atoms with Gasteiger partial charge in [-0.15, -0.1) is 10.2 Å². The van der Waals surface area contributed by atoms with Crippen LogP contribution in [0.4, 0.5) is 4.79 Å². The van der Waals surface area contributed by atoms with Gasteiger partial charge in [-0.05, 0) is 19.8 Å². The number of morpholine rings is 1. The van der Waals surface area contributed by atoms with E-state index in [-0.39, 0.29) is 6.03 Å². The number of amides is 2. The van der Waals surface area contributed by atoms with E-state index in [1.165, 1.54) is 0 Å². The number of nitrogens with one attached hydrogen (secondary N) is 1. The Labute approximate surface area is 143 Å². The molecule has 0 spiro atoms. The van der Waals surface area contributed by atoms with E-state index in [9.17, 15) is 4.79 Å². The van der Waals surface area contributed by atoms with E-state index in [0.717, 1.165) is 70.4 Å². The van der Waals surface area contributed by atoms with Crippen LogP contribution in [0.25, 0.3) is 0 Å². The van der Waals surface area contributed by atoms with Gasteiger partial charge in [0, 0.05) is 45.7 Å². The van der Waals surface area contributed by atoms with Gasteiger partial charge in [-0.2, -0.15) is 0 Å². The molecule has 0 saturated carbocycles. The molecule has 0 unspecified atom stereocenters. The molecule has 0 atom stereocenters. The summed E-state index contributed by atoms with van der Waals surface area (Å²) in [4.78, 5) is 16.1. The van der Waals surface area contributed by atoms with Gasteiger partial charge < -0.3 is 19.5 Å². The van der Waals surface area contributed by atoms with Crippen LogP contribution in [0.15, 0.2) is 0 Å². The Hall–Kier alpha value is -1.67. The highest BCUT2D eigenvalue weighted by molar-refractivity contribution is 5.74. The molecule has 0 radical (unpaired) electrons. The lowest BCUT2D eigenvalue weighted by Gasteiger charge is -2.31. The van der Waals surface area contributed by atoms with E-state index >= 15 is 0 Å². The maximum absolute atomic E-state index is 11.9. The van der Waals surface area contributed by atoms with Gasteiger partial charge in [0.1, 0.15) is 11.6 Å². The van der Waals surface area contributed by atoms with E-state index in [4.69, 9.17) is 4.74 Å². The topological polar surface area (TPSA) is 75.5 Å². The molecule has 2 saturated heterocycles. The van der Waals surface area contributed by atoms with Crippen molar-refractivity contribution in [2.75, 3.05) is 45.9 Å². The van der Waals surface area contributed by atoms with E-state index < -0.39 is 0 Å². The number of hydrogen-bond donors (Lipinski definition) is 1. The van der Waals surface area contributed by atoms with Gasteiger partial charge in [0.2, 0.25) is 0 Å². The number of piperidine rings is 1. The molecule has 3 rings (SSSR count). The largest absolute Gasteiger partial charge is 0.379 e. The fourth-order valence-electron chi connectivity index (χ4n) is 3.43. The Kier molecular flexibility index (Phi) is 5.68. The number of hydrogen-bond acceptors (Lipinski definition) is 5. The maximum Gasteiger partial charge on any atom is 0.317 e. The first-order valence-electron chi connectivity index (χ1n) is 8.90. The molecule has 1 aromatic rings. The van der Waals surface area contributed by atoms with Crippen LogP contribution in [-0.4, -0.2) is 76.5 Å². The molecule has 2 fully saturated rings. The maximum atomic E-state index is 11.9.